The van der Waals surface area contributed by atoms with Gasteiger partial charge < -0.3 is 5.73 Å². The van der Waals surface area contributed by atoms with Crippen LogP contribution in [0.5, 0.6) is 0 Å². The van der Waals surface area contributed by atoms with E-state index in [1.165, 1.54) is 12.1 Å². The van der Waals surface area contributed by atoms with E-state index in [9.17, 15) is 12.6 Å². The highest BCUT2D eigenvalue weighted by Gasteiger charge is 2.18. The molecule has 0 aromatic heterocycles. The van der Waals surface area contributed by atoms with Gasteiger partial charge in [-0.05, 0) is 38.0 Å². The second-order valence-corrected chi connectivity index (χ2v) is 7.88. The van der Waals surface area contributed by atoms with Gasteiger partial charge in [-0.15, -0.1) is 0 Å². The van der Waals surface area contributed by atoms with Gasteiger partial charge in [0.1, 0.15) is 0 Å². The van der Waals surface area contributed by atoms with Crippen molar-refractivity contribution in [3.8, 4) is 0 Å². The third kappa shape index (κ3) is 4.93. The maximum Gasteiger partial charge on any atom is 0.240 e. The molecule has 0 aliphatic heterocycles. The zero-order valence-electron chi connectivity index (χ0n) is 11.3. The van der Waals surface area contributed by atoms with Crippen LogP contribution in [0.15, 0.2) is 23.1 Å². The summed E-state index contributed by atoms with van der Waals surface area (Å²) in [5, 5.41) is 0. The van der Waals surface area contributed by atoms with Crippen LogP contribution >= 0.6 is 0 Å². The zero-order chi connectivity index (χ0) is 14.6. The molecule has 1 rings (SSSR count). The number of sulfonamides is 1. The Bertz CT molecular complexity index is 570. The summed E-state index contributed by atoms with van der Waals surface area (Å²) in [5.74, 6) is 0.472. The molecule has 0 heterocycles. The first-order valence-electron chi connectivity index (χ1n) is 5.91. The minimum Gasteiger partial charge on any atom is -0.398 e. The first-order valence-corrected chi connectivity index (χ1v) is 9.12. The average molecular weight is 304 g/mol. The van der Waals surface area contributed by atoms with Gasteiger partial charge in [0.2, 0.25) is 10.0 Å². The molecule has 0 saturated heterocycles. The molecule has 7 heteroatoms. The van der Waals surface area contributed by atoms with Crippen molar-refractivity contribution in [1.29, 1.82) is 0 Å². The number of hydrogen-bond donors (Lipinski definition) is 2. The van der Waals surface area contributed by atoms with Crippen molar-refractivity contribution in [2.24, 2.45) is 0 Å². The Morgan fingerprint density at radius 1 is 1.42 bits per heavy atom. The molecule has 1 aromatic carbocycles. The molecule has 2 atom stereocenters. The predicted octanol–water partition coefficient (Wildman–Crippen LogP) is 1.01. The summed E-state index contributed by atoms with van der Waals surface area (Å²) in [6, 6.07) is 4.38. The summed E-state index contributed by atoms with van der Waals surface area (Å²) in [7, 11) is -4.50. The van der Waals surface area contributed by atoms with Gasteiger partial charge in [-0.1, -0.05) is 6.07 Å². The SMILES string of the molecule is Cc1ccc(S(=O)(=O)NC(C)CCS(C)=O)cc1N. The number of nitrogens with two attached hydrogens (primary N) is 1. The Morgan fingerprint density at radius 2 is 2.05 bits per heavy atom. The molecular weight excluding hydrogens is 284 g/mol. The Kier molecular flexibility index (Phi) is 5.51. The molecule has 0 saturated carbocycles. The first kappa shape index (κ1) is 16.1. The van der Waals surface area contributed by atoms with Gasteiger partial charge >= 0.3 is 0 Å². The molecule has 0 aliphatic carbocycles. The Labute approximate surface area is 117 Å². The van der Waals surface area contributed by atoms with E-state index in [0.717, 1.165) is 5.56 Å². The van der Waals surface area contributed by atoms with Crippen LogP contribution in [0.1, 0.15) is 18.9 Å². The Morgan fingerprint density at radius 3 is 2.58 bits per heavy atom. The van der Waals surface area contributed by atoms with Crippen LogP contribution in [0.2, 0.25) is 0 Å². The van der Waals surface area contributed by atoms with Gasteiger partial charge in [0.25, 0.3) is 0 Å². The fraction of sp³-hybridized carbons (Fsp3) is 0.500. The highest BCUT2D eigenvalue weighted by Crippen LogP contribution is 2.17. The van der Waals surface area contributed by atoms with E-state index in [-0.39, 0.29) is 10.9 Å². The average Bonchev–Trinajstić information content (AvgIpc) is 2.29. The minimum atomic E-state index is -3.58. The molecule has 0 radical (unpaired) electrons. The lowest BCUT2D eigenvalue weighted by Gasteiger charge is -2.14. The summed E-state index contributed by atoms with van der Waals surface area (Å²) in [4.78, 5) is 0.153. The number of anilines is 1. The fourth-order valence-electron chi connectivity index (χ4n) is 1.52. The molecule has 19 heavy (non-hydrogen) atoms. The van der Waals surface area contributed by atoms with E-state index in [0.29, 0.717) is 17.9 Å². The summed E-state index contributed by atoms with van der Waals surface area (Å²) in [6.45, 7) is 3.57. The van der Waals surface area contributed by atoms with Gasteiger partial charge in [-0.25, -0.2) is 13.1 Å². The minimum absolute atomic E-state index is 0.153. The van der Waals surface area contributed by atoms with E-state index >= 15 is 0 Å². The van der Waals surface area contributed by atoms with E-state index < -0.39 is 20.8 Å². The third-order valence-electron chi connectivity index (χ3n) is 2.76. The van der Waals surface area contributed by atoms with Crippen molar-refractivity contribution < 1.29 is 12.6 Å². The molecule has 108 valence electrons. The van der Waals surface area contributed by atoms with Crippen LogP contribution in [0.3, 0.4) is 0 Å². The standard InChI is InChI=1S/C12H20N2O3S2/c1-9-4-5-11(8-12(9)13)19(16,17)14-10(2)6-7-18(3)15/h4-5,8,10,14H,6-7,13H2,1-3H3. The maximum atomic E-state index is 12.1. The number of aryl methyl sites for hydroxylation is 1. The second kappa shape index (κ2) is 6.49. The van der Waals surface area contributed by atoms with Gasteiger partial charge in [0.15, 0.2) is 0 Å². The van der Waals surface area contributed by atoms with Crippen LogP contribution in [-0.2, 0) is 20.8 Å². The molecule has 1 aromatic rings. The molecule has 3 N–H and O–H groups in total. The topological polar surface area (TPSA) is 89.3 Å². The number of benzene rings is 1. The van der Waals surface area contributed by atoms with E-state index in [1.54, 1.807) is 19.2 Å². The van der Waals surface area contributed by atoms with Crippen molar-refractivity contribution in [2.75, 3.05) is 17.7 Å². The molecule has 2 unspecified atom stereocenters. The highest BCUT2D eigenvalue weighted by atomic mass is 32.2. The van der Waals surface area contributed by atoms with Crippen LogP contribution in [0.25, 0.3) is 0 Å². The van der Waals surface area contributed by atoms with Gasteiger partial charge in [0, 0.05) is 34.5 Å². The van der Waals surface area contributed by atoms with Crippen molar-refractivity contribution >= 4 is 26.5 Å². The van der Waals surface area contributed by atoms with Crippen LogP contribution < -0.4 is 10.5 Å². The lowest BCUT2D eigenvalue weighted by molar-refractivity contribution is 0.556. The lowest BCUT2D eigenvalue weighted by Crippen LogP contribution is -2.33. The van der Waals surface area contributed by atoms with E-state index in [4.69, 9.17) is 5.73 Å². The quantitative estimate of drug-likeness (QED) is 0.768. The largest absolute Gasteiger partial charge is 0.398 e. The van der Waals surface area contributed by atoms with Crippen LogP contribution in [0.4, 0.5) is 5.69 Å². The lowest BCUT2D eigenvalue weighted by atomic mass is 10.2. The second-order valence-electron chi connectivity index (χ2n) is 4.61. The fourth-order valence-corrected chi connectivity index (χ4v) is 3.52. The summed E-state index contributed by atoms with van der Waals surface area (Å²) in [5.41, 5.74) is 7.00. The van der Waals surface area contributed by atoms with Crippen molar-refractivity contribution in [3.05, 3.63) is 23.8 Å². The monoisotopic (exact) mass is 304 g/mol. The molecule has 0 spiro atoms. The normalized spacial score (nSPS) is 15.1. The number of nitrogen functional groups attached to an aromatic ring is 1. The maximum absolute atomic E-state index is 12.1. The number of rotatable bonds is 6. The van der Waals surface area contributed by atoms with Crippen molar-refractivity contribution in [1.82, 2.24) is 4.72 Å². The van der Waals surface area contributed by atoms with Crippen LogP contribution in [-0.4, -0.2) is 30.7 Å². The van der Waals surface area contributed by atoms with Crippen molar-refractivity contribution in [2.45, 2.75) is 31.2 Å². The van der Waals surface area contributed by atoms with Crippen molar-refractivity contribution in [3.63, 3.8) is 0 Å². The Balaban J connectivity index is 2.80. The smallest absolute Gasteiger partial charge is 0.240 e. The molecular formula is C12H20N2O3S2. The summed E-state index contributed by atoms with van der Waals surface area (Å²) < 4.78 is 37.8. The zero-order valence-corrected chi connectivity index (χ0v) is 13.0. The predicted molar refractivity (Wildman–Crippen MR) is 78.9 cm³/mol. The molecule has 0 amide bonds. The summed E-state index contributed by atoms with van der Waals surface area (Å²) in [6.07, 6.45) is 2.13. The van der Waals surface area contributed by atoms with Gasteiger partial charge in [-0.2, -0.15) is 0 Å². The first-order chi connectivity index (χ1) is 8.72. The van der Waals surface area contributed by atoms with E-state index in [1.807, 2.05) is 6.92 Å². The molecule has 0 fully saturated rings. The number of hydrogen-bond acceptors (Lipinski definition) is 4. The highest BCUT2D eigenvalue weighted by molar-refractivity contribution is 7.89. The third-order valence-corrected chi connectivity index (χ3v) is 5.15. The van der Waals surface area contributed by atoms with E-state index in [2.05, 4.69) is 4.72 Å². The van der Waals surface area contributed by atoms with Gasteiger partial charge in [-0.3, -0.25) is 4.21 Å². The van der Waals surface area contributed by atoms with Gasteiger partial charge in [0.05, 0.1) is 4.90 Å². The van der Waals surface area contributed by atoms with Crippen LogP contribution in [0, 0.1) is 6.92 Å². The summed E-state index contributed by atoms with van der Waals surface area (Å²) >= 11 is 0. The number of nitrogens with one attached hydrogen (secondary N) is 1. The molecule has 0 bridgehead atoms. The molecule has 0 aliphatic rings. The Hall–Kier alpha value is -0.920. The molecule has 5 nitrogen and oxygen atoms in total.